The van der Waals surface area contributed by atoms with Gasteiger partial charge in [-0.15, -0.1) is 0 Å². The van der Waals surface area contributed by atoms with E-state index >= 15 is 0 Å². The van der Waals surface area contributed by atoms with E-state index in [1.54, 1.807) is 31.4 Å². The van der Waals surface area contributed by atoms with Gasteiger partial charge in [0.25, 0.3) is 0 Å². The normalized spacial score (nSPS) is 12.5. The summed E-state index contributed by atoms with van der Waals surface area (Å²) in [5.41, 5.74) is 2.56. The van der Waals surface area contributed by atoms with Gasteiger partial charge in [0.15, 0.2) is 0 Å². The zero-order valence-corrected chi connectivity index (χ0v) is 23.3. The summed E-state index contributed by atoms with van der Waals surface area (Å²) in [7, 11) is 1.70. The number of unbranched alkanes of at least 4 members (excludes halogenated alkanes) is 5. The van der Waals surface area contributed by atoms with Crippen molar-refractivity contribution in [2.45, 2.75) is 65.4 Å². The Morgan fingerprint density at radius 2 is 1.26 bits per heavy atom. The lowest BCUT2D eigenvalue weighted by Crippen LogP contribution is -2.24. The number of rotatable bonds is 16. The molecule has 0 bridgehead atoms. The second-order valence-corrected chi connectivity index (χ2v) is 9.83. The van der Waals surface area contributed by atoms with Gasteiger partial charge in [0.2, 0.25) is 0 Å². The summed E-state index contributed by atoms with van der Waals surface area (Å²) < 4.78 is 22.6. The Balaban J connectivity index is 1.46. The van der Waals surface area contributed by atoms with Crippen molar-refractivity contribution in [1.29, 1.82) is 0 Å². The second-order valence-electron chi connectivity index (χ2n) is 9.83. The molecule has 0 aliphatic rings. The Morgan fingerprint density at radius 1 is 0.711 bits per heavy atom. The summed E-state index contributed by atoms with van der Waals surface area (Å²) in [6.07, 6.45) is 7.45. The Morgan fingerprint density at radius 3 is 1.89 bits per heavy atom. The fraction of sp³-hybridized carbons (Fsp3) is 0.424. The zero-order chi connectivity index (χ0) is 27.2. The van der Waals surface area contributed by atoms with E-state index in [1.807, 2.05) is 48.5 Å². The lowest BCUT2D eigenvalue weighted by atomic mass is 10.0. The fourth-order valence-corrected chi connectivity index (χ4v) is 4.10. The predicted molar refractivity (Wildman–Crippen MR) is 153 cm³/mol. The number of hydrogen-bond acceptors (Lipinski definition) is 5. The van der Waals surface area contributed by atoms with Gasteiger partial charge in [-0.1, -0.05) is 70.2 Å². The monoisotopic (exact) mass is 518 g/mol. The third kappa shape index (κ3) is 9.53. The predicted octanol–water partition coefficient (Wildman–Crippen LogP) is 8.36. The van der Waals surface area contributed by atoms with Crippen LogP contribution in [0, 0.1) is 5.92 Å². The Kier molecular flexibility index (Phi) is 12.2. The summed E-state index contributed by atoms with van der Waals surface area (Å²) in [5, 5.41) is 0. The first-order valence-electron chi connectivity index (χ1n) is 13.8. The second kappa shape index (κ2) is 15.8. The molecule has 0 aliphatic heterocycles. The Bertz CT molecular complexity index is 1070. The molecule has 0 amide bonds. The highest BCUT2D eigenvalue weighted by Gasteiger charge is 2.14. The third-order valence-electron chi connectivity index (χ3n) is 6.66. The molecule has 0 N–H and O–H groups in total. The molecule has 0 saturated carbocycles. The highest BCUT2D eigenvalue weighted by Crippen LogP contribution is 2.25. The highest BCUT2D eigenvalue weighted by molar-refractivity contribution is 5.91. The molecular weight excluding hydrogens is 476 g/mol. The van der Waals surface area contributed by atoms with Crippen LogP contribution in [-0.2, 0) is 4.74 Å². The van der Waals surface area contributed by atoms with Crippen molar-refractivity contribution in [2.75, 3.05) is 20.3 Å². The Labute approximate surface area is 228 Å². The minimum atomic E-state index is -0.389. The molecule has 38 heavy (non-hydrogen) atoms. The molecule has 204 valence electrons. The maximum Gasteiger partial charge on any atom is 0.343 e. The molecule has 0 aliphatic carbocycles. The molecule has 5 heteroatoms. The van der Waals surface area contributed by atoms with Crippen LogP contribution in [0.25, 0.3) is 11.1 Å². The number of esters is 1. The van der Waals surface area contributed by atoms with Crippen LogP contribution in [0.5, 0.6) is 17.2 Å². The van der Waals surface area contributed by atoms with Crippen molar-refractivity contribution in [1.82, 2.24) is 0 Å². The average Bonchev–Trinajstić information content (AvgIpc) is 2.94. The summed E-state index contributed by atoms with van der Waals surface area (Å²) in [5.74, 6) is 2.02. The van der Waals surface area contributed by atoms with Gasteiger partial charge in [-0.25, -0.2) is 4.79 Å². The largest absolute Gasteiger partial charge is 0.494 e. The molecule has 0 saturated heterocycles. The molecular formula is C33H42O5. The molecule has 3 rings (SSSR count). The van der Waals surface area contributed by atoms with E-state index in [0.29, 0.717) is 30.4 Å². The standard InChI is InChI=1S/C33H42O5/c1-5-6-7-8-9-10-23-36-30-19-21-32(22-20-30)38-33(34)29-13-11-27(12-14-29)28-15-17-31(18-16-28)37-26(3)25(2)24-35-4/h11-22,25-26H,5-10,23-24H2,1-4H3/t25-,26-/m1/s1. The zero-order valence-electron chi connectivity index (χ0n) is 23.3. The van der Waals surface area contributed by atoms with Gasteiger partial charge in [0.05, 0.1) is 18.8 Å². The van der Waals surface area contributed by atoms with Crippen LogP contribution in [0.15, 0.2) is 72.8 Å². The van der Waals surface area contributed by atoms with Gasteiger partial charge in [0, 0.05) is 13.0 Å². The third-order valence-corrected chi connectivity index (χ3v) is 6.66. The van der Waals surface area contributed by atoms with Gasteiger partial charge in [-0.3, -0.25) is 0 Å². The number of carbonyl (C=O) groups excluding carboxylic acids is 1. The molecule has 0 heterocycles. The van der Waals surface area contributed by atoms with Crippen LogP contribution in [0.2, 0.25) is 0 Å². The van der Waals surface area contributed by atoms with Crippen LogP contribution >= 0.6 is 0 Å². The number of ether oxygens (including phenoxy) is 4. The van der Waals surface area contributed by atoms with Crippen LogP contribution in [-0.4, -0.2) is 32.4 Å². The SMILES string of the molecule is CCCCCCCCOc1ccc(OC(=O)c2ccc(-c3ccc(O[C@H](C)[C@H](C)COC)cc3)cc2)cc1. The first kappa shape index (κ1) is 29.2. The summed E-state index contributed by atoms with van der Waals surface area (Å²) >= 11 is 0. The van der Waals surface area contributed by atoms with Crippen molar-refractivity contribution in [2.24, 2.45) is 5.92 Å². The van der Waals surface area contributed by atoms with E-state index in [2.05, 4.69) is 20.8 Å². The maximum atomic E-state index is 12.6. The van der Waals surface area contributed by atoms with Crippen LogP contribution in [0.4, 0.5) is 0 Å². The quantitative estimate of drug-likeness (QED) is 0.108. The van der Waals surface area contributed by atoms with E-state index in [9.17, 15) is 4.79 Å². The van der Waals surface area contributed by atoms with Gasteiger partial charge in [0.1, 0.15) is 23.4 Å². The van der Waals surface area contributed by atoms with Crippen LogP contribution in [0.1, 0.15) is 69.7 Å². The van der Waals surface area contributed by atoms with Gasteiger partial charge >= 0.3 is 5.97 Å². The Hall–Kier alpha value is -3.31. The highest BCUT2D eigenvalue weighted by atomic mass is 16.5. The molecule has 3 aromatic rings. The van der Waals surface area contributed by atoms with Crippen molar-refractivity contribution in [3.63, 3.8) is 0 Å². The average molecular weight is 519 g/mol. The number of methoxy groups -OCH3 is 1. The lowest BCUT2D eigenvalue weighted by molar-refractivity contribution is 0.0734. The fourth-order valence-electron chi connectivity index (χ4n) is 4.10. The molecule has 0 fully saturated rings. The van der Waals surface area contributed by atoms with E-state index in [1.165, 1.54) is 32.1 Å². The molecule has 0 aromatic heterocycles. The molecule has 3 aromatic carbocycles. The van der Waals surface area contributed by atoms with Gasteiger partial charge in [-0.2, -0.15) is 0 Å². The molecule has 5 nitrogen and oxygen atoms in total. The molecule has 0 unspecified atom stereocenters. The summed E-state index contributed by atoms with van der Waals surface area (Å²) in [6, 6.07) is 22.6. The van der Waals surface area contributed by atoms with Crippen molar-refractivity contribution in [3.8, 4) is 28.4 Å². The maximum absolute atomic E-state index is 12.6. The van der Waals surface area contributed by atoms with Crippen LogP contribution < -0.4 is 14.2 Å². The van der Waals surface area contributed by atoms with Crippen molar-refractivity contribution < 1.29 is 23.7 Å². The van der Waals surface area contributed by atoms with Crippen molar-refractivity contribution in [3.05, 3.63) is 78.4 Å². The van der Waals surface area contributed by atoms with E-state index in [4.69, 9.17) is 18.9 Å². The number of carbonyl (C=O) groups is 1. The molecule has 0 spiro atoms. The van der Waals surface area contributed by atoms with Crippen LogP contribution in [0.3, 0.4) is 0 Å². The first-order chi connectivity index (χ1) is 18.5. The minimum absolute atomic E-state index is 0.0555. The van der Waals surface area contributed by atoms with E-state index < -0.39 is 0 Å². The smallest absolute Gasteiger partial charge is 0.343 e. The lowest BCUT2D eigenvalue weighted by Gasteiger charge is -2.21. The van der Waals surface area contributed by atoms with E-state index in [-0.39, 0.29) is 12.1 Å². The minimum Gasteiger partial charge on any atom is -0.494 e. The van der Waals surface area contributed by atoms with Gasteiger partial charge < -0.3 is 18.9 Å². The summed E-state index contributed by atoms with van der Waals surface area (Å²) in [4.78, 5) is 12.6. The van der Waals surface area contributed by atoms with E-state index in [0.717, 1.165) is 29.0 Å². The summed E-state index contributed by atoms with van der Waals surface area (Å²) in [6.45, 7) is 7.75. The number of hydrogen-bond donors (Lipinski definition) is 0. The first-order valence-corrected chi connectivity index (χ1v) is 13.8. The van der Waals surface area contributed by atoms with Gasteiger partial charge in [-0.05, 0) is 73.0 Å². The molecule has 0 radical (unpaired) electrons. The molecule has 2 atom stereocenters. The number of benzene rings is 3. The topological polar surface area (TPSA) is 54.0 Å². The van der Waals surface area contributed by atoms with Crippen molar-refractivity contribution >= 4 is 5.97 Å².